The van der Waals surface area contributed by atoms with E-state index in [1.807, 2.05) is 18.2 Å². The molecule has 2 aliphatic rings. The quantitative estimate of drug-likeness (QED) is 0.890. The van der Waals surface area contributed by atoms with Crippen molar-refractivity contribution in [3.8, 4) is 0 Å². The lowest BCUT2D eigenvalue weighted by Gasteiger charge is -2.25. The van der Waals surface area contributed by atoms with Gasteiger partial charge in [0.25, 0.3) is 0 Å². The number of nitrogens with zero attached hydrogens (tertiary/aromatic N) is 3. The van der Waals surface area contributed by atoms with Crippen LogP contribution < -0.4 is 5.32 Å². The van der Waals surface area contributed by atoms with E-state index in [-0.39, 0.29) is 17.6 Å². The minimum absolute atomic E-state index is 0.00265. The second kappa shape index (κ2) is 7.17. The highest BCUT2D eigenvalue weighted by Crippen LogP contribution is 2.32. The van der Waals surface area contributed by atoms with E-state index >= 15 is 0 Å². The van der Waals surface area contributed by atoms with Crippen molar-refractivity contribution >= 4 is 12.0 Å². The number of ether oxygens (including phenoxy) is 1. The lowest BCUT2D eigenvalue weighted by atomic mass is 9.95. The van der Waals surface area contributed by atoms with Gasteiger partial charge in [0.2, 0.25) is 5.91 Å². The molecule has 2 amide bonds. The van der Waals surface area contributed by atoms with Crippen LogP contribution in [0.15, 0.2) is 24.4 Å². The van der Waals surface area contributed by atoms with Crippen LogP contribution in [0.25, 0.3) is 0 Å². The summed E-state index contributed by atoms with van der Waals surface area (Å²) in [6, 6.07) is 5.65. The first-order chi connectivity index (χ1) is 11.6. The Labute approximate surface area is 142 Å². The van der Waals surface area contributed by atoms with Crippen molar-refractivity contribution in [2.45, 2.75) is 31.4 Å². The lowest BCUT2D eigenvalue weighted by Crippen LogP contribution is -2.39. The van der Waals surface area contributed by atoms with E-state index in [1.54, 1.807) is 18.1 Å². The number of hydrogen-bond acceptors (Lipinski definition) is 5. The molecule has 130 valence electrons. The van der Waals surface area contributed by atoms with E-state index in [9.17, 15) is 9.59 Å². The molecule has 1 aromatic heterocycles. The summed E-state index contributed by atoms with van der Waals surface area (Å²) in [5.74, 6) is -0.00265. The molecule has 7 nitrogen and oxygen atoms in total. The van der Waals surface area contributed by atoms with Crippen LogP contribution in [0.4, 0.5) is 4.79 Å². The predicted molar refractivity (Wildman–Crippen MR) is 88.2 cm³/mol. The van der Waals surface area contributed by atoms with Crippen LogP contribution >= 0.6 is 0 Å². The first kappa shape index (κ1) is 16.7. The zero-order valence-corrected chi connectivity index (χ0v) is 14.0. The van der Waals surface area contributed by atoms with Gasteiger partial charge in [-0.2, -0.15) is 0 Å². The Hall–Kier alpha value is -2.15. The van der Waals surface area contributed by atoms with Gasteiger partial charge in [0.05, 0.1) is 25.3 Å². The highest BCUT2D eigenvalue weighted by atomic mass is 16.6. The summed E-state index contributed by atoms with van der Waals surface area (Å²) < 4.78 is 5.59. The molecule has 3 heterocycles. The third-order valence-electron chi connectivity index (χ3n) is 4.69. The van der Waals surface area contributed by atoms with Gasteiger partial charge in [-0.1, -0.05) is 6.07 Å². The van der Waals surface area contributed by atoms with Gasteiger partial charge in [-0.25, -0.2) is 4.79 Å². The maximum absolute atomic E-state index is 12.1. The summed E-state index contributed by atoms with van der Waals surface area (Å²) in [6.45, 7) is 3.07. The van der Waals surface area contributed by atoms with Crippen LogP contribution in [0, 0.1) is 0 Å². The molecule has 0 saturated carbocycles. The fourth-order valence-corrected chi connectivity index (χ4v) is 3.38. The van der Waals surface area contributed by atoms with Crippen LogP contribution in [0.2, 0.25) is 0 Å². The second-order valence-corrected chi connectivity index (χ2v) is 6.63. The fraction of sp³-hybridized carbons (Fsp3) is 0.588. The molecule has 3 rings (SSSR count). The van der Waals surface area contributed by atoms with Crippen LogP contribution in [-0.4, -0.2) is 65.6 Å². The molecular weight excluding hydrogens is 308 g/mol. The summed E-state index contributed by atoms with van der Waals surface area (Å²) in [4.78, 5) is 31.8. The predicted octanol–water partition coefficient (Wildman–Crippen LogP) is 1.00. The molecule has 1 spiro atoms. The van der Waals surface area contributed by atoms with Crippen molar-refractivity contribution in [2.24, 2.45) is 0 Å². The molecule has 2 fully saturated rings. The molecule has 0 unspecified atom stereocenters. The number of carbonyl (C=O) groups excluding carboxylic acids is 2. The van der Waals surface area contributed by atoms with Crippen LogP contribution in [0.1, 0.15) is 25.0 Å². The van der Waals surface area contributed by atoms with E-state index in [1.165, 1.54) is 0 Å². The van der Waals surface area contributed by atoms with Crippen LogP contribution in [0.3, 0.4) is 0 Å². The average Bonchev–Trinajstić information content (AvgIpc) is 2.73. The molecule has 2 aliphatic heterocycles. The average molecular weight is 332 g/mol. The van der Waals surface area contributed by atoms with Crippen molar-refractivity contribution in [3.05, 3.63) is 30.1 Å². The van der Waals surface area contributed by atoms with Gasteiger partial charge >= 0.3 is 6.09 Å². The van der Waals surface area contributed by atoms with Gasteiger partial charge in [0, 0.05) is 26.2 Å². The summed E-state index contributed by atoms with van der Waals surface area (Å²) in [5.41, 5.74) is 0.479. The third-order valence-corrected chi connectivity index (χ3v) is 4.69. The number of aromatic nitrogens is 1. The molecule has 1 N–H and O–H groups in total. The number of nitrogens with one attached hydrogen (secondary N) is 1. The van der Waals surface area contributed by atoms with E-state index < -0.39 is 0 Å². The largest absolute Gasteiger partial charge is 0.441 e. The summed E-state index contributed by atoms with van der Waals surface area (Å²) in [6.07, 6.45) is 4.03. The molecule has 0 radical (unpaired) electrons. The Morgan fingerprint density at radius 3 is 2.96 bits per heavy atom. The topological polar surface area (TPSA) is 74.8 Å². The molecule has 24 heavy (non-hydrogen) atoms. The van der Waals surface area contributed by atoms with Crippen LogP contribution in [0.5, 0.6) is 0 Å². The van der Waals surface area contributed by atoms with Gasteiger partial charge < -0.3 is 15.0 Å². The standard InChI is InChI=1S/C17H24N4O3/c1-20-13-17(24-16(20)23)6-4-9-21(10-7-17)12-15(22)19-11-14-5-2-3-8-18-14/h2-3,5,8H,4,6-7,9-13H2,1H3,(H,19,22)/t17-/m1/s1. The first-order valence-corrected chi connectivity index (χ1v) is 8.39. The van der Waals surface area contributed by atoms with Crippen molar-refractivity contribution in [2.75, 3.05) is 33.2 Å². The summed E-state index contributed by atoms with van der Waals surface area (Å²) >= 11 is 0. The first-order valence-electron chi connectivity index (χ1n) is 8.39. The third kappa shape index (κ3) is 4.03. The monoisotopic (exact) mass is 332 g/mol. The van der Waals surface area contributed by atoms with E-state index in [0.29, 0.717) is 19.6 Å². The van der Waals surface area contributed by atoms with Gasteiger partial charge in [-0.15, -0.1) is 0 Å². The van der Waals surface area contributed by atoms with Crippen molar-refractivity contribution in [3.63, 3.8) is 0 Å². The normalized spacial score (nSPS) is 24.7. The van der Waals surface area contributed by atoms with Crippen molar-refractivity contribution < 1.29 is 14.3 Å². The molecular formula is C17H24N4O3. The molecule has 0 bridgehead atoms. The van der Waals surface area contributed by atoms with E-state index in [4.69, 9.17) is 4.74 Å². The number of carbonyl (C=O) groups is 2. The molecule has 0 aliphatic carbocycles. The Bertz CT molecular complexity index is 595. The maximum Gasteiger partial charge on any atom is 0.410 e. The Balaban J connectivity index is 1.46. The molecule has 7 heteroatoms. The van der Waals surface area contributed by atoms with Crippen LogP contribution in [-0.2, 0) is 16.1 Å². The molecule has 0 aromatic carbocycles. The lowest BCUT2D eigenvalue weighted by molar-refractivity contribution is -0.122. The Kier molecular flexibility index (Phi) is 4.99. The van der Waals surface area contributed by atoms with Crippen molar-refractivity contribution in [1.29, 1.82) is 0 Å². The van der Waals surface area contributed by atoms with Crippen molar-refractivity contribution in [1.82, 2.24) is 20.1 Å². The fourth-order valence-electron chi connectivity index (χ4n) is 3.38. The van der Waals surface area contributed by atoms with Gasteiger partial charge in [-0.05, 0) is 31.5 Å². The van der Waals surface area contributed by atoms with E-state index in [0.717, 1.165) is 38.0 Å². The molecule has 1 atom stereocenters. The number of rotatable bonds is 4. The number of pyridine rings is 1. The molecule has 1 aromatic rings. The Morgan fingerprint density at radius 1 is 1.38 bits per heavy atom. The zero-order valence-electron chi connectivity index (χ0n) is 14.0. The smallest absolute Gasteiger partial charge is 0.410 e. The number of hydrogen-bond donors (Lipinski definition) is 1. The number of likely N-dealkylation sites (N-methyl/N-ethyl adjacent to an activating group) is 1. The SMILES string of the molecule is CN1C[C@]2(CCCN(CC(=O)NCc3ccccn3)CC2)OC1=O. The molecule has 2 saturated heterocycles. The Morgan fingerprint density at radius 2 is 2.25 bits per heavy atom. The van der Waals surface area contributed by atoms with Gasteiger partial charge in [0.15, 0.2) is 0 Å². The number of likely N-dealkylation sites (tertiary alicyclic amines) is 1. The summed E-state index contributed by atoms with van der Waals surface area (Å²) in [7, 11) is 1.77. The summed E-state index contributed by atoms with van der Waals surface area (Å²) in [5, 5.41) is 2.91. The van der Waals surface area contributed by atoms with Gasteiger partial charge in [0.1, 0.15) is 5.60 Å². The zero-order chi connectivity index (χ0) is 17.0. The maximum atomic E-state index is 12.1. The highest BCUT2D eigenvalue weighted by molar-refractivity contribution is 5.78. The minimum atomic E-state index is -0.370. The number of amides is 2. The second-order valence-electron chi connectivity index (χ2n) is 6.63. The highest BCUT2D eigenvalue weighted by Gasteiger charge is 2.44. The van der Waals surface area contributed by atoms with E-state index in [2.05, 4.69) is 15.2 Å². The minimum Gasteiger partial charge on any atom is -0.441 e. The van der Waals surface area contributed by atoms with Gasteiger partial charge in [-0.3, -0.25) is 14.7 Å².